The molecule has 6 aromatic rings. The molecule has 40 heavy (non-hydrogen) atoms. The van der Waals surface area contributed by atoms with E-state index in [0.717, 1.165) is 16.2 Å². The average Bonchev–Trinajstić information content (AvgIpc) is 2.97. The fourth-order valence-corrected chi connectivity index (χ4v) is 3.56. The Morgan fingerprint density at radius 2 is 0.650 bits per heavy atom. The van der Waals surface area contributed by atoms with Gasteiger partial charge in [-0.2, -0.15) is 0 Å². The molecule has 0 saturated carbocycles. The molecule has 0 spiro atoms. The van der Waals surface area contributed by atoms with Crippen LogP contribution in [0.5, 0.6) is 0 Å². The van der Waals surface area contributed by atoms with Gasteiger partial charge in [-0.1, -0.05) is 72.8 Å². The molecule has 3 N–H and O–H groups in total. The molecule has 0 saturated heterocycles. The molecule has 1 radical (unpaired) electrons. The molecule has 6 rings (SSSR count). The van der Waals surface area contributed by atoms with E-state index in [1.807, 2.05) is 54.6 Å². The predicted molar refractivity (Wildman–Crippen MR) is 146 cm³/mol. The van der Waals surface area contributed by atoms with Crippen molar-refractivity contribution in [2.75, 3.05) is 0 Å². The first-order valence-electron chi connectivity index (χ1n) is 11.6. The van der Waals surface area contributed by atoms with Gasteiger partial charge in [0.2, 0.25) is 0 Å². The molecule has 3 heterocycles. The number of rotatable bonds is 3. The Balaban J connectivity index is 0.000000163. The van der Waals surface area contributed by atoms with Crippen molar-refractivity contribution in [1.29, 1.82) is 0 Å². The van der Waals surface area contributed by atoms with E-state index in [-0.39, 0.29) is 66.5 Å². The number of pyridine rings is 3. The van der Waals surface area contributed by atoms with Gasteiger partial charge >= 0.3 is 17.9 Å². The van der Waals surface area contributed by atoms with Crippen molar-refractivity contribution in [1.82, 2.24) is 15.0 Å². The quantitative estimate of drug-likeness (QED) is 0.212. The first-order chi connectivity index (χ1) is 18.8. The second kappa shape index (κ2) is 14.3. The molecule has 0 aliphatic carbocycles. The third-order valence-corrected chi connectivity index (χ3v) is 5.45. The molecule has 199 valence electrons. The third kappa shape index (κ3) is 7.95. The van der Waals surface area contributed by atoms with E-state index in [2.05, 4.69) is 15.0 Å². The fraction of sp³-hybridized carbons (Fsp3) is 0. The predicted octanol–water partition coefficient (Wildman–Crippen LogP) is 5.80. The second-order valence-corrected chi connectivity index (χ2v) is 8.08. The summed E-state index contributed by atoms with van der Waals surface area (Å²) < 4.78 is 0. The first-order valence-corrected chi connectivity index (χ1v) is 11.6. The van der Waals surface area contributed by atoms with Crippen molar-refractivity contribution in [3.8, 4) is 0 Å². The van der Waals surface area contributed by atoms with Crippen molar-refractivity contribution >= 4 is 50.6 Å². The Morgan fingerprint density at radius 3 is 0.900 bits per heavy atom. The van der Waals surface area contributed by atoms with Gasteiger partial charge in [0.05, 0.1) is 16.6 Å². The van der Waals surface area contributed by atoms with Crippen molar-refractivity contribution in [3.63, 3.8) is 0 Å². The van der Waals surface area contributed by atoms with Crippen LogP contribution in [0.4, 0.5) is 0 Å². The summed E-state index contributed by atoms with van der Waals surface area (Å²) in [5.74, 6) is -2.98. The number of benzene rings is 3. The zero-order valence-corrected chi connectivity index (χ0v) is 23.1. The summed E-state index contributed by atoms with van der Waals surface area (Å²) in [4.78, 5) is 43.7. The molecule has 9 nitrogen and oxygen atoms in total. The Labute approximate surface area is 268 Å². The van der Waals surface area contributed by atoms with E-state index in [1.54, 1.807) is 36.4 Å². The number of carboxylic acids is 3. The fourth-order valence-electron chi connectivity index (χ4n) is 3.56. The number of carbonyl (C=O) groups is 3. The number of aromatic nitrogens is 3. The molecule has 0 unspecified atom stereocenters. The number of fused-ring (bicyclic) bond motifs is 3. The molecule has 0 bridgehead atoms. The van der Waals surface area contributed by atoms with Crippen LogP contribution in [0.3, 0.4) is 0 Å². The minimum Gasteiger partial charge on any atom is -0.477 e. The molecule has 0 aliphatic heterocycles. The third-order valence-electron chi connectivity index (χ3n) is 5.45. The van der Waals surface area contributed by atoms with Gasteiger partial charge in [-0.25, -0.2) is 29.3 Å². The van der Waals surface area contributed by atoms with Gasteiger partial charge < -0.3 is 15.3 Å². The van der Waals surface area contributed by atoms with Crippen LogP contribution in [-0.2, 0) is 0 Å². The summed E-state index contributed by atoms with van der Waals surface area (Å²) in [6.07, 6.45) is 0. The molecule has 0 aliphatic rings. The van der Waals surface area contributed by atoms with E-state index in [0.29, 0.717) is 16.6 Å². The zero-order chi connectivity index (χ0) is 27.8. The normalized spacial score (nSPS) is 9.90. The minimum atomic E-state index is -0.995. The Bertz CT molecular complexity index is 1610. The average molecular weight is 671 g/mol. The van der Waals surface area contributed by atoms with Crippen molar-refractivity contribution in [2.45, 2.75) is 0 Å². The van der Waals surface area contributed by atoms with Gasteiger partial charge in [-0.15, -0.1) is 0 Å². The van der Waals surface area contributed by atoms with Crippen LogP contribution in [-0.4, -0.2) is 48.2 Å². The number of aromatic carboxylic acids is 3. The van der Waals surface area contributed by atoms with Crippen LogP contribution in [0.2, 0.25) is 0 Å². The van der Waals surface area contributed by atoms with Crippen LogP contribution in [0.25, 0.3) is 32.7 Å². The van der Waals surface area contributed by atoms with Gasteiger partial charge in [0.25, 0.3) is 0 Å². The summed E-state index contributed by atoms with van der Waals surface area (Å²) in [6.45, 7) is 0. The molecular weight excluding hydrogens is 650 g/mol. The van der Waals surface area contributed by atoms with Crippen LogP contribution >= 0.6 is 0 Å². The van der Waals surface area contributed by atoms with Gasteiger partial charge in [0.15, 0.2) is 0 Å². The van der Waals surface area contributed by atoms with E-state index in [4.69, 9.17) is 15.3 Å². The van der Waals surface area contributed by atoms with Gasteiger partial charge in [0.1, 0.15) is 17.1 Å². The summed E-state index contributed by atoms with van der Waals surface area (Å²) in [5.41, 5.74) is 2.38. The topological polar surface area (TPSA) is 151 Å². The van der Waals surface area contributed by atoms with Crippen LogP contribution < -0.4 is 0 Å². The Hall–Kier alpha value is -4.12. The van der Waals surface area contributed by atoms with Gasteiger partial charge in [-0.3, -0.25) is 0 Å². The van der Waals surface area contributed by atoms with E-state index < -0.39 is 17.9 Å². The van der Waals surface area contributed by atoms with Gasteiger partial charge in [0, 0.05) is 65.5 Å². The minimum absolute atomic E-state index is 0. The molecule has 0 amide bonds. The molecule has 3 aromatic carbocycles. The van der Waals surface area contributed by atoms with Crippen molar-refractivity contribution < 1.29 is 79.1 Å². The van der Waals surface area contributed by atoms with Crippen LogP contribution in [0.15, 0.2) is 109 Å². The molecule has 0 atom stereocenters. The summed E-state index contributed by atoms with van der Waals surface area (Å²) in [6, 6.07) is 32.0. The smallest absolute Gasteiger partial charge is 0.354 e. The summed E-state index contributed by atoms with van der Waals surface area (Å²) in [5, 5.41) is 28.9. The first kappa shape index (κ1) is 30.4. The Kier molecular flexibility index (Phi) is 10.9. The number of nitrogens with zero attached hydrogens (tertiary/aromatic N) is 3. The van der Waals surface area contributed by atoms with Crippen molar-refractivity contribution in [3.05, 3.63) is 126 Å². The maximum Gasteiger partial charge on any atom is 0.354 e. The molecule has 10 heteroatoms. The number of hydrogen-bond donors (Lipinski definition) is 3. The maximum absolute atomic E-state index is 10.6. The van der Waals surface area contributed by atoms with E-state index >= 15 is 0 Å². The monoisotopic (exact) mass is 672 g/mol. The largest absolute Gasteiger partial charge is 0.477 e. The number of para-hydroxylation sites is 3. The van der Waals surface area contributed by atoms with Crippen LogP contribution in [0, 0.1) is 49.4 Å². The molecule has 3 aromatic heterocycles. The summed E-state index contributed by atoms with van der Waals surface area (Å²) >= 11 is 0. The zero-order valence-electron chi connectivity index (χ0n) is 20.7. The summed E-state index contributed by atoms with van der Waals surface area (Å²) in [7, 11) is 0. The standard InChI is InChI=1S/3C10H7NO2.Eu/c3*12-10(13)9-6-5-7-3-1-2-4-8(7)11-9;/h3*1-6H,(H,12,13);. The number of hydrogen-bond acceptors (Lipinski definition) is 6. The van der Waals surface area contributed by atoms with E-state index in [1.165, 1.54) is 18.2 Å². The molecular formula is C30H21EuN3O6. The van der Waals surface area contributed by atoms with E-state index in [9.17, 15) is 14.4 Å². The second-order valence-electron chi connectivity index (χ2n) is 8.08. The maximum atomic E-state index is 10.6. The molecule has 0 fully saturated rings. The SMILES string of the molecule is O=C(O)c1ccc2ccccc2n1.O=C(O)c1ccc2ccccc2n1.O=C(O)c1ccc2ccccc2n1.[Eu]. The Morgan fingerprint density at radius 1 is 0.400 bits per heavy atom. The van der Waals surface area contributed by atoms with Crippen LogP contribution in [0.1, 0.15) is 31.5 Å². The van der Waals surface area contributed by atoms with Gasteiger partial charge in [-0.05, 0) is 36.4 Å². The van der Waals surface area contributed by atoms with Crippen molar-refractivity contribution in [2.24, 2.45) is 0 Å². The number of carboxylic acid groups (broad SMARTS) is 3.